The highest BCUT2D eigenvalue weighted by molar-refractivity contribution is 4.99. The number of hydrogen-bond donors (Lipinski definition) is 1. The number of hydrogen-bond acceptors (Lipinski definition) is 1. The molecule has 1 heterocycles. The van der Waals surface area contributed by atoms with Crippen molar-refractivity contribution in [3.05, 3.63) is 36.4 Å². The summed E-state index contributed by atoms with van der Waals surface area (Å²) in [6.07, 6.45) is 2.68. The fourth-order valence-electron chi connectivity index (χ4n) is 1.49. The molecule has 0 aromatic heterocycles. The Kier molecular flexibility index (Phi) is 8.93. The third-order valence-corrected chi connectivity index (χ3v) is 2.62. The van der Waals surface area contributed by atoms with Crippen LogP contribution in [-0.4, -0.2) is 13.1 Å². The van der Waals surface area contributed by atoms with Gasteiger partial charge in [-0.2, -0.15) is 0 Å². The zero-order valence-electron chi connectivity index (χ0n) is 11.3. The Morgan fingerprint density at radius 2 is 1.06 bits per heavy atom. The molecule has 1 fully saturated rings. The predicted octanol–water partition coefficient (Wildman–Crippen LogP) is 4.11. The maximum absolute atomic E-state index is 3.34. The van der Waals surface area contributed by atoms with Crippen molar-refractivity contribution in [1.82, 2.24) is 5.32 Å². The Morgan fingerprint density at radius 3 is 1.25 bits per heavy atom. The summed E-state index contributed by atoms with van der Waals surface area (Å²) >= 11 is 0. The Morgan fingerprint density at radius 1 is 0.750 bits per heavy atom. The molecule has 1 N–H and O–H groups in total. The molecule has 92 valence electrons. The Hall–Kier alpha value is -0.820. The first-order chi connectivity index (χ1) is 7.71. The topological polar surface area (TPSA) is 12.0 Å². The lowest BCUT2D eigenvalue weighted by atomic mass is 9.83. The van der Waals surface area contributed by atoms with E-state index in [0.717, 1.165) is 0 Å². The highest BCUT2D eigenvalue weighted by atomic mass is 14.9. The smallest absolute Gasteiger partial charge is 0.00438 e. The van der Waals surface area contributed by atoms with Gasteiger partial charge in [0.15, 0.2) is 0 Å². The molecule has 1 aromatic rings. The van der Waals surface area contributed by atoms with E-state index in [1.54, 1.807) is 0 Å². The van der Waals surface area contributed by atoms with Crippen LogP contribution in [0.15, 0.2) is 36.4 Å². The lowest BCUT2D eigenvalue weighted by Crippen LogP contribution is -2.32. The number of piperidine rings is 1. The molecule has 0 aliphatic carbocycles. The van der Waals surface area contributed by atoms with Gasteiger partial charge in [0.05, 0.1) is 0 Å². The monoisotopic (exact) mass is 221 g/mol. The van der Waals surface area contributed by atoms with Crippen LogP contribution in [-0.2, 0) is 0 Å². The molecule has 0 radical (unpaired) electrons. The lowest BCUT2D eigenvalue weighted by Gasteiger charge is -2.29. The van der Waals surface area contributed by atoms with Gasteiger partial charge in [-0.1, -0.05) is 64.1 Å². The summed E-state index contributed by atoms with van der Waals surface area (Å²) in [5, 5.41) is 3.34. The maximum atomic E-state index is 3.34. The van der Waals surface area contributed by atoms with Crippen molar-refractivity contribution in [2.45, 2.75) is 40.5 Å². The highest BCUT2D eigenvalue weighted by Gasteiger charge is 2.19. The van der Waals surface area contributed by atoms with Crippen LogP contribution in [0.3, 0.4) is 0 Å². The average molecular weight is 221 g/mol. The molecular formula is C15H27N. The van der Waals surface area contributed by atoms with Gasteiger partial charge in [0.2, 0.25) is 0 Å². The highest BCUT2D eigenvalue weighted by Crippen LogP contribution is 2.25. The van der Waals surface area contributed by atoms with Gasteiger partial charge in [-0.25, -0.2) is 0 Å². The van der Waals surface area contributed by atoms with Crippen LogP contribution in [0.4, 0.5) is 0 Å². The Bertz CT molecular complexity index is 194. The van der Waals surface area contributed by atoms with Crippen LogP contribution in [0.25, 0.3) is 0 Å². The van der Waals surface area contributed by atoms with Crippen molar-refractivity contribution in [3.8, 4) is 0 Å². The third-order valence-electron chi connectivity index (χ3n) is 2.62. The fourth-order valence-corrected chi connectivity index (χ4v) is 1.49. The van der Waals surface area contributed by atoms with E-state index in [1.807, 2.05) is 50.2 Å². The van der Waals surface area contributed by atoms with E-state index >= 15 is 0 Å². The molecule has 0 unspecified atom stereocenters. The molecule has 1 aromatic carbocycles. The van der Waals surface area contributed by atoms with Crippen molar-refractivity contribution in [3.63, 3.8) is 0 Å². The zero-order chi connectivity index (χ0) is 12.3. The van der Waals surface area contributed by atoms with Crippen molar-refractivity contribution >= 4 is 0 Å². The summed E-state index contributed by atoms with van der Waals surface area (Å²) in [7, 11) is 0. The van der Waals surface area contributed by atoms with Crippen molar-refractivity contribution in [2.75, 3.05) is 13.1 Å². The van der Waals surface area contributed by atoms with E-state index in [9.17, 15) is 0 Å². The largest absolute Gasteiger partial charge is 0.317 e. The second-order valence-electron chi connectivity index (χ2n) is 4.57. The molecule has 0 saturated carbocycles. The summed E-state index contributed by atoms with van der Waals surface area (Å²) in [5.74, 6) is 0. The van der Waals surface area contributed by atoms with E-state index in [0.29, 0.717) is 5.41 Å². The van der Waals surface area contributed by atoms with Gasteiger partial charge in [0, 0.05) is 0 Å². The van der Waals surface area contributed by atoms with Gasteiger partial charge in [-0.15, -0.1) is 0 Å². The predicted molar refractivity (Wildman–Crippen MR) is 73.7 cm³/mol. The number of benzene rings is 1. The molecule has 1 heteroatoms. The van der Waals surface area contributed by atoms with Gasteiger partial charge in [-0.05, 0) is 31.3 Å². The first-order valence-electron chi connectivity index (χ1n) is 6.41. The van der Waals surface area contributed by atoms with Gasteiger partial charge < -0.3 is 5.32 Å². The minimum absolute atomic E-state index is 0.616. The second-order valence-corrected chi connectivity index (χ2v) is 4.57. The van der Waals surface area contributed by atoms with Crippen molar-refractivity contribution < 1.29 is 0 Å². The SMILES string of the molecule is CC.CC1(C)CCNCC1.c1ccccc1. The van der Waals surface area contributed by atoms with Crippen LogP contribution < -0.4 is 5.32 Å². The summed E-state index contributed by atoms with van der Waals surface area (Å²) in [6.45, 7) is 11.1. The molecule has 0 bridgehead atoms. The normalized spacial score (nSPS) is 17.2. The Labute approximate surface area is 101 Å². The minimum Gasteiger partial charge on any atom is -0.317 e. The van der Waals surface area contributed by atoms with Crippen LogP contribution in [0.1, 0.15) is 40.5 Å². The van der Waals surface area contributed by atoms with Crippen LogP contribution in [0.5, 0.6) is 0 Å². The number of rotatable bonds is 0. The lowest BCUT2D eigenvalue weighted by molar-refractivity contribution is 0.259. The molecule has 0 spiro atoms. The van der Waals surface area contributed by atoms with Crippen molar-refractivity contribution in [2.24, 2.45) is 5.41 Å². The fraction of sp³-hybridized carbons (Fsp3) is 0.600. The minimum atomic E-state index is 0.616. The first-order valence-corrected chi connectivity index (χ1v) is 6.41. The first kappa shape index (κ1) is 15.2. The molecule has 1 aliphatic rings. The quantitative estimate of drug-likeness (QED) is 0.695. The van der Waals surface area contributed by atoms with Crippen LogP contribution >= 0.6 is 0 Å². The van der Waals surface area contributed by atoms with Crippen molar-refractivity contribution in [1.29, 1.82) is 0 Å². The number of nitrogens with one attached hydrogen (secondary N) is 1. The van der Waals surface area contributed by atoms with Crippen LogP contribution in [0.2, 0.25) is 0 Å². The maximum Gasteiger partial charge on any atom is -0.00438 e. The summed E-state index contributed by atoms with van der Waals surface area (Å²) in [6, 6.07) is 12.0. The van der Waals surface area contributed by atoms with Crippen LogP contribution in [0, 0.1) is 5.41 Å². The van der Waals surface area contributed by atoms with E-state index < -0.39 is 0 Å². The zero-order valence-corrected chi connectivity index (χ0v) is 11.3. The van der Waals surface area contributed by atoms with E-state index in [1.165, 1.54) is 25.9 Å². The standard InChI is InChI=1S/C7H15N.C6H6.C2H6/c1-7(2)3-5-8-6-4-7;1-2-4-6-5-3-1;1-2/h8H,3-6H2,1-2H3;1-6H;1-2H3. The summed E-state index contributed by atoms with van der Waals surface area (Å²) in [5.41, 5.74) is 0.616. The summed E-state index contributed by atoms with van der Waals surface area (Å²) in [4.78, 5) is 0. The van der Waals surface area contributed by atoms with E-state index in [2.05, 4.69) is 19.2 Å². The third kappa shape index (κ3) is 8.49. The summed E-state index contributed by atoms with van der Waals surface area (Å²) < 4.78 is 0. The molecule has 2 rings (SSSR count). The second kappa shape index (κ2) is 9.41. The molecule has 0 amide bonds. The molecule has 16 heavy (non-hydrogen) atoms. The van der Waals surface area contributed by atoms with Gasteiger partial charge >= 0.3 is 0 Å². The molecule has 0 atom stereocenters. The Balaban J connectivity index is 0.000000251. The van der Waals surface area contributed by atoms with Gasteiger partial charge in [0.25, 0.3) is 0 Å². The molecular weight excluding hydrogens is 194 g/mol. The molecule has 1 aliphatic heterocycles. The average Bonchev–Trinajstić information content (AvgIpc) is 2.34. The van der Waals surface area contributed by atoms with E-state index in [-0.39, 0.29) is 0 Å². The van der Waals surface area contributed by atoms with Gasteiger partial charge in [-0.3, -0.25) is 0 Å². The molecule has 1 nitrogen and oxygen atoms in total. The van der Waals surface area contributed by atoms with Gasteiger partial charge in [0.1, 0.15) is 0 Å². The molecule has 1 saturated heterocycles. The van der Waals surface area contributed by atoms with E-state index in [4.69, 9.17) is 0 Å².